The summed E-state index contributed by atoms with van der Waals surface area (Å²) in [6.45, 7) is 11.1. The van der Waals surface area contributed by atoms with Gasteiger partial charge in [0.05, 0.1) is 0 Å². The molecule has 0 aliphatic rings. The monoisotopic (exact) mass is 158 g/mol. The van der Waals surface area contributed by atoms with Gasteiger partial charge >= 0.3 is 0 Å². The lowest BCUT2D eigenvalue weighted by atomic mass is 9.79. The van der Waals surface area contributed by atoms with E-state index in [0.29, 0.717) is 12.0 Å². The average Bonchev–Trinajstić information content (AvgIpc) is 1.86. The van der Waals surface area contributed by atoms with Gasteiger partial charge < -0.3 is 0 Å². The number of nitrogens with one attached hydrogen (secondary N) is 1. The molecule has 0 amide bonds. The summed E-state index contributed by atoms with van der Waals surface area (Å²) in [5.41, 5.74) is 3.15. The van der Waals surface area contributed by atoms with Crippen molar-refractivity contribution in [3.05, 3.63) is 0 Å². The molecule has 68 valence electrons. The maximum Gasteiger partial charge on any atom is 0.0284 e. The van der Waals surface area contributed by atoms with Gasteiger partial charge in [-0.2, -0.15) is 0 Å². The highest BCUT2D eigenvalue weighted by Gasteiger charge is 2.27. The van der Waals surface area contributed by atoms with Crippen LogP contribution in [0.2, 0.25) is 0 Å². The molecule has 11 heavy (non-hydrogen) atoms. The van der Waals surface area contributed by atoms with Crippen molar-refractivity contribution in [1.82, 2.24) is 5.43 Å². The third-order valence-corrected chi connectivity index (χ3v) is 2.33. The quantitative estimate of drug-likeness (QED) is 0.486. The zero-order chi connectivity index (χ0) is 9.07. The maximum absolute atomic E-state index is 5.49. The van der Waals surface area contributed by atoms with Crippen molar-refractivity contribution < 1.29 is 0 Å². The summed E-state index contributed by atoms with van der Waals surface area (Å²) in [6, 6.07) is 0.410. The van der Waals surface area contributed by atoms with Crippen LogP contribution in [0.4, 0.5) is 0 Å². The summed E-state index contributed by atoms with van der Waals surface area (Å²) in [7, 11) is 0. The van der Waals surface area contributed by atoms with Crippen LogP contribution in [0.5, 0.6) is 0 Å². The summed E-state index contributed by atoms with van der Waals surface area (Å²) in [4.78, 5) is 0. The van der Waals surface area contributed by atoms with E-state index in [9.17, 15) is 0 Å². The van der Waals surface area contributed by atoms with Gasteiger partial charge in [-0.3, -0.25) is 11.3 Å². The molecule has 2 heteroatoms. The second-order valence-electron chi connectivity index (χ2n) is 4.40. The second kappa shape index (κ2) is 4.07. The minimum Gasteiger partial charge on any atom is -0.271 e. The van der Waals surface area contributed by atoms with E-state index < -0.39 is 0 Å². The molecule has 0 fully saturated rings. The molecule has 0 spiro atoms. The van der Waals surface area contributed by atoms with Gasteiger partial charge in [-0.15, -0.1) is 0 Å². The van der Waals surface area contributed by atoms with Gasteiger partial charge in [-0.05, 0) is 11.3 Å². The summed E-state index contributed by atoms with van der Waals surface area (Å²) in [5.74, 6) is 6.12. The van der Waals surface area contributed by atoms with Crippen molar-refractivity contribution >= 4 is 0 Å². The Balaban J connectivity index is 4.16. The van der Waals surface area contributed by atoms with Gasteiger partial charge in [-0.25, -0.2) is 0 Å². The van der Waals surface area contributed by atoms with E-state index in [1.807, 2.05) is 0 Å². The molecule has 2 nitrogen and oxygen atoms in total. The lowest BCUT2D eigenvalue weighted by molar-refractivity contribution is 0.200. The Bertz CT molecular complexity index is 105. The van der Waals surface area contributed by atoms with Crippen LogP contribution < -0.4 is 11.3 Å². The number of hydrogen-bond donors (Lipinski definition) is 2. The minimum atomic E-state index is 0.254. The molecule has 0 aliphatic heterocycles. The van der Waals surface area contributed by atoms with Gasteiger partial charge in [0.2, 0.25) is 0 Å². The Hall–Kier alpha value is -0.0800. The molecule has 0 bridgehead atoms. The van der Waals surface area contributed by atoms with E-state index in [1.165, 1.54) is 6.42 Å². The number of rotatable bonds is 3. The van der Waals surface area contributed by atoms with Gasteiger partial charge in [-0.1, -0.05) is 41.0 Å². The van der Waals surface area contributed by atoms with Crippen LogP contribution in [-0.2, 0) is 0 Å². The highest BCUT2D eigenvalue weighted by molar-refractivity contribution is 4.82. The van der Waals surface area contributed by atoms with Crippen molar-refractivity contribution in [3.63, 3.8) is 0 Å². The van der Waals surface area contributed by atoms with Gasteiger partial charge in [0.25, 0.3) is 0 Å². The number of nitrogens with two attached hydrogens (primary N) is 1. The van der Waals surface area contributed by atoms with Crippen molar-refractivity contribution in [2.75, 3.05) is 0 Å². The molecule has 2 atom stereocenters. The molecule has 0 heterocycles. The van der Waals surface area contributed by atoms with Crippen molar-refractivity contribution in [2.45, 2.75) is 47.1 Å². The van der Waals surface area contributed by atoms with E-state index in [2.05, 4.69) is 40.0 Å². The SMILES string of the molecule is CCC(C)C(NN)C(C)(C)C. The lowest BCUT2D eigenvalue weighted by Gasteiger charge is -2.34. The predicted molar refractivity (Wildman–Crippen MR) is 50.0 cm³/mol. The van der Waals surface area contributed by atoms with E-state index >= 15 is 0 Å². The second-order valence-corrected chi connectivity index (χ2v) is 4.40. The van der Waals surface area contributed by atoms with Crippen LogP contribution in [0.3, 0.4) is 0 Å². The summed E-state index contributed by atoms with van der Waals surface area (Å²) in [5, 5.41) is 0. The molecule has 0 aliphatic carbocycles. The van der Waals surface area contributed by atoms with Crippen LogP contribution in [0.1, 0.15) is 41.0 Å². The van der Waals surface area contributed by atoms with Gasteiger partial charge in [0.15, 0.2) is 0 Å². The largest absolute Gasteiger partial charge is 0.271 e. The van der Waals surface area contributed by atoms with E-state index in [0.717, 1.165) is 0 Å². The summed E-state index contributed by atoms with van der Waals surface area (Å²) >= 11 is 0. The van der Waals surface area contributed by atoms with Gasteiger partial charge in [0.1, 0.15) is 0 Å². The zero-order valence-electron chi connectivity index (χ0n) is 8.44. The Kier molecular flexibility index (Phi) is 4.04. The first-order valence-corrected chi connectivity index (χ1v) is 4.39. The average molecular weight is 158 g/mol. The Morgan fingerprint density at radius 2 is 1.82 bits per heavy atom. The standard InChI is InChI=1S/C9H22N2/c1-6-7(2)8(11-10)9(3,4)5/h7-8,11H,6,10H2,1-5H3. The van der Waals surface area contributed by atoms with Crippen molar-refractivity contribution in [2.24, 2.45) is 17.2 Å². The van der Waals surface area contributed by atoms with Crippen molar-refractivity contribution in [1.29, 1.82) is 0 Å². The molecule has 0 saturated carbocycles. The normalized spacial score (nSPS) is 18.0. The molecular formula is C9H22N2. The number of hydrogen-bond acceptors (Lipinski definition) is 2. The van der Waals surface area contributed by atoms with Crippen LogP contribution in [0, 0.1) is 11.3 Å². The van der Waals surface area contributed by atoms with Crippen LogP contribution in [-0.4, -0.2) is 6.04 Å². The third-order valence-electron chi connectivity index (χ3n) is 2.33. The molecule has 0 aromatic heterocycles. The Morgan fingerprint density at radius 3 is 1.91 bits per heavy atom. The fraction of sp³-hybridized carbons (Fsp3) is 1.00. The van der Waals surface area contributed by atoms with Gasteiger partial charge in [0, 0.05) is 6.04 Å². The molecule has 0 radical (unpaired) electrons. The fourth-order valence-electron chi connectivity index (χ4n) is 1.50. The zero-order valence-corrected chi connectivity index (χ0v) is 8.44. The molecule has 0 rings (SSSR count). The molecule has 0 aromatic rings. The fourth-order valence-corrected chi connectivity index (χ4v) is 1.50. The summed E-state index contributed by atoms with van der Waals surface area (Å²) < 4.78 is 0. The van der Waals surface area contributed by atoms with E-state index in [4.69, 9.17) is 5.84 Å². The van der Waals surface area contributed by atoms with Crippen molar-refractivity contribution in [3.8, 4) is 0 Å². The highest BCUT2D eigenvalue weighted by atomic mass is 15.2. The van der Waals surface area contributed by atoms with Crippen LogP contribution in [0.15, 0.2) is 0 Å². The lowest BCUT2D eigenvalue weighted by Crippen LogP contribution is -2.48. The maximum atomic E-state index is 5.49. The predicted octanol–water partition coefficient (Wildman–Crippen LogP) is 1.91. The summed E-state index contributed by atoms with van der Waals surface area (Å²) in [6.07, 6.45) is 1.17. The smallest absolute Gasteiger partial charge is 0.0284 e. The molecular weight excluding hydrogens is 136 g/mol. The molecule has 0 aromatic carbocycles. The Labute approximate surface area is 70.5 Å². The molecule has 0 saturated heterocycles. The minimum absolute atomic E-state index is 0.254. The topological polar surface area (TPSA) is 38.0 Å². The highest BCUT2D eigenvalue weighted by Crippen LogP contribution is 2.25. The van der Waals surface area contributed by atoms with E-state index in [-0.39, 0.29) is 5.41 Å². The first-order valence-electron chi connectivity index (χ1n) is 4.39. The third kappa shape index (κ3) is 3.21. The first-order chi connectivity index (χ1) is 4.93. The van der Waals surface area contributed by atoms with Crippen LogP contribution in [0.25, 0.3) is 0 Å². The molecule has 3 N–H and O–H groups in total. The number of hydrazine groups is 1. The first kappa shape index (κ1) is 10.9. The van der Waals surface area contributed by atoms with E-state index in [1.54, 1.807) is 0 Å². The Morgan fingerprint density at radius 1 is 1.36 bits per heavy atom. The molecule has 2 unspecified atom stereocenters. The van der Waals surface area contributed by atoms with Crippen LogP contribution >= 0.6 is 0 Å².